The lowest BCUT2D eigenvalue weighted by Gasteiger charge is -2.32. The molecule has 3 aromatic heterocycles. The van der Waals surface area contributed by atoms with E-state index in [-0.39, 0.29) is 11.8 Å². The number of piperidine rings is 1. The third-order valence-corrected chi connectivity index (χ3v) is 6.70. The molecule has 31 heavy (non-hydrogen) atoms. The third-order valence-electron chi connectivity index (χ3n) is 5.76. The van der Waals surface area contributed by atoms with Crippen LogP contribution in [0.2, 0.25) is 0 Å². The molecule has 0 spiro atoms. The van der Waals surface area contributed by atoms with Gasteiger partial charge in [0.1, 0.15) is 12.1 Å². The molecular formula is C23H24N6OS. The second kappa shape index (κ2) is 8.85. The van der Waals surface area contributed by atoms with Crippen LogP contribution in [0, 0.1) is 5.92 Å². The average Bonchev–Trinajstić information content (AvgIpc) is 3.49. The maximum Gasteiger partial charge on any atom is 0.223 e. The van der Waals surface area contributed by atoms with Gasteiger partial charge >= 0.3 is 0 Å². The second-order valence-corrected chi connectivity index (χ2v) is 8.74. The van der Waals surface area contributed by atoms with E-state index in [1.54, 1.807) is 17.7 Å². The first-order valence-electron chi connectivity index (χ1n) is 10.6. The molecule has 158 valence electrons. The summed E-state index contributed by atoms with van der Waals surface area (Å²) in [5.41, 5.74) is 1.77. The number of nitrogens with one attached hydrogen (secondary N) is 1. The molecule has 5 rings (SSSR count). The summed E-state index contributed by atoms with van der Waals surface area (Å²) < 4.78 is 1.84. The molecule has 1 aliphatic rings. The topological polar surface area (TPSA) is 75.9 Å². The van der Waals surface area contributed by atoms with E-state index >= 15 is 0 Å². The second-order valence-electron chi connectivity index (χ2n) is 7.71. The number of fused-ring (bicyclic) bond motifs is 1. The van der Waals surface area contributed by atoms with Crippen LogP contribution in [0.15, 0.2) is 60.4 Å². The van der Waals surface area contributed by atoms with Crippen LogP contribution in [-0.4, -0.2) is 45.3 Å². The zero-order chi connectivity index (χ0) is 21.0. The molecule has 1 saturated heterocycles. The number of hydrogen-bond acceptors (Lipinski definition) is 6. The summed E-state index contributed by atoms with van der Waals surface area (Å²) in [6, 6.07) is 14.1. The van der Waals surface area contributed by atoms with E-state index < -0.39 is 0 Å². The van der Waals surface area contributed by atoms with E-state index in [0.29, 0.717) is 6.54 Å². The molecule has 1 aliphatic heterocycles. The van der Waals surface area contributed by atoms with Gasteiger partial charge in [-0.05, 0) is 42.8 Å². The molecule has 1 aromatic carbocycles. The highest BCUT2D eigenvalue weighted by atomic mass is 32.1. The predicted octanol–water partition coefficient (Wildman–Crippen LogP) is 3.45. The molecule has 1 N–H and O–H groups in total. The van der Waals surface area contributed by atoms with Crippen molar-refractivity contribution >= 4 is 34.1 Å². The molecule has 4 aromatic rings. The molecule has 7 nitrogen and oxygen atoms in total. The molecule has 8 heteroatoms. The number of carbonyl (C=O) groups excluding carboxylic acids is 1. The quantitative estimate of drug-likeness (QED) is 0.505. The van der Waals surface area contributed by atoms with E-state index in [1.165, 1.54) is 4.88 Å². The summed E-state index contributed by atoms with van der Waals surface area (Å²) in [5.74, 6) is 1.12. The summed E-state index contributed by atoms with van der Waals surface area (Å²) in [5, 5.41) is 10.7. The summed E-state index contributed by atoms with van der Waals surface area (Å²) in [6.07, 6.45) is 5.97. The normalized spacial score (nSPS) is 14.8. The molecule has 0 atom stereocenters. The lowest BCUT2D eigenvalue weighted by atomic mass is 9.95. The van der Waals surface area contributed by atoms with Crippen molar-refractivity contribution in [1.82, 2.24) is 25.1 Å². The van der Waals surface area contributed by atoms with E-state index in [0.717, 1.165) is 54.9 Å². The van der Waals surface area contributed by atoms with Crippen molar-refractivity contribution < 1.29 is 4.79 Å². The maximum absolute atomic E-state index is 12.6. The number of nitrogens with zero attached hydrogens (tertiary/aromatic N) is 5. The molecule has 0 saturated carbocycles. The monoisotopic (exact) mass is 432 g/mol. The van der Waals surface area contributed by atoms with Crippen LogP contribution in [0.5, 0.6) is 0 Å². The van der Waals surface area contributed by atoms with Crippen molar-refractivity contribution in [3.05, 3.63) is 65.2 Å². The van der Waals surface area contributed by atoms with Crippen LogP contribution < -0.4 is 10.2 Å². The number of benzene rings is 1. The van der Waals surface area contributed by atoms with Gasteiger partial charge in [0.15, 0.2) is 5.65 Å². The number of para-hydroxylation sites is 1. The molecule has 0 aliphatic carbocycles. The standard InChI is InChI=1S/C23H24N6OS/c30-23(24-11-8-19-7-4-14-31-19)17-9-12-28(13-10-17)21-20-15-27-29(22(20)26-16-25-21)18-5-2-1-3-6-18/h1-7,14-17H,8-13H2,(H,24,30). The maximum atomic E-state index is 12.6. The smallest absolute Gasteiger partial charge is 0.223 e. The Morgan fingerprint density at radius 2 is 1.94 bits per heavy atom. The van der Waals surface area contributed by atoms with Crippen molar-refractivity contribution in [1.29, 1.82) is 0 Å². The van der Waals surface area contributed by atoms with Crippen LogP contribution in [0.4, 0.5) is 5.82 Å². The molecule has 0 unspecified atom stereocenters. The predicted molar refractivity (Wildman–Crippen MR) is 123 cm³/mol. The van der Waals surface area contributed by atoms with Crippen molar-refractivity contribution in [3.63, 3.8) is 0 Å². The van der Waals surface area contributed by atoms with Crippen molar-refractivity contribution in [2.75, 3.05) is 24.5 Å². The van der Waals surface area contributed by atoms with Crippen LogP contribution in [-0.2, 0) is 11.2 Å². The fourth-order valence-corrected chi connectivity index (χ4v) is 4.81. The van der Waals surface area contributed by atoms with E-state index in [4.69, 9.17) is 0 Å². The molecule has 1 amide bonds. The highest BCUT2D eigenvalue weighted by Gasteiger charge is 2.27. The van der Waals surface area contributed by atoms with Crippen LogP contribution >= 0.6 is 11.3 Å². The van der Waals surface area contributed by atoms with Gasteiger partial charge in [0.05, 0.1) is 17.3 Å². The first-order chi connectivity index (χ1) is 15.3. The molecule has 1 fully saturated rings. The minimum atomic E-state index is 0.0592. The highest BCUT2D eigenvalue weighted by molar-refractivity contribution is 7.09. The number of anilines is 1. The highest BCUT2D eigenvalue weighted by Crippen LogP contribution is 2.28. The van der Waals surface area contributed by atoms with Crippen molar-refractivity contribution in [2.45, 2.75) is 19.3 Å². The van der Waals surface area contributed by atoms with Gasteiger partial charge in [0, 0.05) is 30.4 Å². The number of aromatic nitrogens is 4. The van der Waals surface area contributed by atoms with Crippen molar-refractivity contribution in [3.8, 4) is 5.69 Å². The Hall–Kier alpha value is -3.26. The summed E-state index contributed by atoms with van der Waals surface area (Å²) in [7, 11) is 0. The largest absolute Gasteiger partial charge is 0.356 e. The Balaban J connectivity index is 1.23. The zero-order valence-electron chi connectivity index (χ0n) is 17.1. The van der Waals surface area contributed by atoms with Crippen molar-refractivity contribution in [2.24, 2.45) is 5.92 Å². The van der Waals surface area contributed by atoms with Crippen LogP contribution in [0.3, 0.4) is 0 Å². The first-order valence-corrected chi connectivity index (χ1v) is 11.5. The van der Waals surface area contributed by atoms with Gasteiger partial charge in [-0.15, -0.1) is 11.3 Å². The Bertz CT molecular complexity index is 1150. The number of amides is 1. The number of carbonyl (C=O) groups is 1. The molecule has 0 bridgehead atoms. The van der Waals surface area contributed by atoms with Crippen LogP contribution in [0.25, 0.3) is 16.7 Å². The third kappa shape index (κ3) is 4.16. The van der Waals surface area contributed by atoms with E-state index in [9.17, 15) is 4.79 Å². The molecular weight excluding hydrogens is 408 g/mol. The minimum Gasteiger partial charge on any atom is -0.356 e. The van der Waals surface area contributed by atoms with Gasteiger partial charge in [0.2, 0.25) is 5.91 Å². The number of thiophene rings is 1. The average molecular weight is 433 g/mol. The van der Waals surface area contributed by atoms with Gasteiger partial charge < -0.3 is 10.2 Å². The minimum absolute atomic E-state index is 0.0592. The number of rotatable bonds is 6. The van der Waals surface area contributed by atoms with Gasteiger partial charge in [-0.1, -0.05) is 24.3 Å². The fourth-order valence-electron chi connectivity index (χ4n) is 4.10. The van der Waals surface area contributed by atoms with Gasteiger partial charge in [-0.3, -0.25) is 4.79 Å². The van der Waals surface area contributed by atoms with E-state index in [1.807, 2.05) is 47.3 Å². The van der Waals surface area contributed by atoms with Crippen LogP contribution in [0.1, 0.15) is 17.7 Å². The SMILES string of the molecule is O=C(NCCc1cccs1)C1CCN(c2ncnc3c2cnn3-c2ccccc2)CC1. The fraction of sp³-hybridized carbons (Fsp3) is 0.304. The summed E-state index contributed by atoms with van der Waals surface area (Å²) in [4.78, 5) is 25.1. The first kappa shape index (κ1) is 19.7. The van der Waals surface area contributed by atoms with Gasteiger partial charge in [0.25, 0.3) is 0 Å². The molecule has 4 heterocycles. The molecule has 0 radical (unpaired) electrons. The van der Waals surface area contributed by atoms with Gasteiger partial charge in [-0.25, -0.2) is 14.6 Å². The zero-order valence-corrected chi connectivity index (χ0v) is 18.0. The van der Waals surface area contributed by atoms with E-state index in [2.05, 4.69) is 36.7 Å². The summed E-state index contributed by atoms with van der Waals surface area (Å²) >= 11 is 1.73. The Labute approximate surface area is 184 Å². The Morgan fingerprint density at radius 1 is 1.10 bits per heavy atom. The lowest BCUT2D eigenvalue weighted by Crippen LogP contribution is -2.41. The number of hydrogen-bond donors (Lipinski definition) is 1. The Morgan fingerprint density at radius 3 is 2.71 bits per heavy atom. The summed E-state index contributed by atoms with van der Waals surface area (Å²) in [6.45, 7) is 2.29. The Kier molecular flexibility index (Phi) is 5.62. The lowest BCUT2D eigenvalue weighted by molar-refractivity contribution is -0.125. The van der Waals surface area contributed by atoms with Gasteiger partial charge in [-0.2, -0.15) is 5.10 Å².